The van der Waals surface area contributed by atoms with E-state index in [1.807, 2.05) is 0 Å². The molecule has 2 rings (SSSR count). The third kappa shape index (κ3) is 3.34. The molecule has 0 spiro atoms. The zero-order chi connectivity index (χ0) is 15.5. The molecule has 0 amide bonds. The van der Waals surface area contributed by atoms with Crippen LogP contribution in [0.2, 0.25) is 0 Å². The first-order valence-corrected chi connectivity index (χ1v) is 6.30. The van der Waals surface area contributed by atoms with Crippen molar-refractivity contribution in [1.82, 2.24) is 0 Å². The molecule has 0 saturated carbocycles. The third-order valence-corrected chi connectivity index (χ3v) is 3.08. The van der Waals surface area contributed by atoms with Crippen LogP contribution < -0.4 is 4.90 Å². The molecule has 5 heteroatoms. The maximum absolute atomic E-state index is 12.7. The highest BCUT2D eigenvalue weighted by molar-refractivity contribution is 5.97. The smallest absolute Gasteiger partial charge is 0.358 e. The van der Waals surface area contributed by atoms with Gasteiger partial charge in [-0.2, -0.15) is 18.4 Å². The van der Waals surface area contributed by atoms with Gasteiger partial charge in [0, 0.05) is 23.0 Å². The van der Waals surface area contributed by atoms with Gasteiger partial charge < -0.3 is 4.90 Å². The molecule has 0 aliphatic rings. The van der Waals surface area contributed by atoms with Gasteiger partial charge in [0.15, 0.2) is 0 Å². The topological polar surface area (TPSA) is 27.0 Å². The van der Waals surface area contributed by atoms with Crippen molar-refractivity contribution in [1.29, 1.82) is 5.26 Å². The Labute approximate surface area is 120 Å². The van der Waals surface area contributed by atoms with Gasteiger partial charge >= 0.3 is 6.18 Å². The number of benzene rings is 2. The SMILES string of the molecule is C=CCN(CC(F)(F)F)c1ccc(C#N)c2ccccc12. The minimum Gasteiger partial charge on any atom is -0.358 e. The molecule has 0 unspecified atom stereocenters. The molecule has 0 radical (unpaired) electrons. The van der Waals surface area contributed by atoms with Crippen LogP contribution in [0.5, 0.6) is 0 Å². The van der Waals surface area contributed by atoms with Crippen LogP contribution in [0.25, 0.3) is 10.8 Å². The predicted octanol–water partition coefficient (Wildman–Crippen LogP) is 4.27. The number of alkyl halides is 3. The van der Waals surface area contributed by atoms with Crippen LogP contribution >= 0.6 is 0 Å². The van der Waals surface area contributed by atoms with E-state index >= 15 is 0 Å². The average Bonchev–Trinajstić information content (AvgIpc) is 2.44. The van der Waals surface area contributed by atoms with E-state index in [0.717, 1.165) is 0 Å². The number of halogens is 3. The van der Waals surface area contributed by atoms with E-state index < -0.39 is 12.7 Å². The van der Waals surface area contributed by atoms with E-state index in [1.54, 1.807) is 36.4 Å². The molecule has 0 fully saturated rings. The second-order valence-electron chi connectivity index (χ2n) is 4.57. The lowest BCUT2D eigenvalue weighted by Gasteiger charge is -2.26. The normalized spacial score (nSPS) is 11.1. The highest BCUT2D eigenvalue weighted by Gasteiger charge is 2.31. The van der Waals surface area contributed by atoms with E-state index in [1.165, 1.54) is 11.0 Å². The molecule has 21 heavy (non-hydrogen) atoms. The number of rotatable bonds is 4. The van der Waals surface area contributed by atoms with Crippen molar-refractivity contribution in [3.8, 4) is 6.07 Å². The molecule has 0 heterocycles. The Morgan fingerprint density at radius 3 is 2.38 bits per heavy atom. The molecule has 108 valence electrons. The number of nitrogens with zero attached hydrogens (tertiary/aromatic N) is 2. The lowest BCUT2D eigenvalue weighted by molar-refractivity contribution is -0.119. The Kier molecular flexibility index (Phi) is 4.18. The quantitative estimate of drug-likeness (QED) is 0.786. The molecule has 2 aromatic rings. The van der Waals surface area contributed by atoms with Crippen molar-refractivity contribution in [2.24, 2.45) is 0 Å². The van der Waals surface area contributed by atoms with Gasteiger partial charge in [-0.25, -0.2) is 0 Å². The monoisotopic (exact) mass is 290 g/mol. The second-order valence-corrected chi connectivity index (χ2v) is 4.57. The maximum atomic E-state index is 12.7. The summed E-state index contributed by atoms with van der Waals surface area (Å²) in [6.45, 7) is 2.53. The van der Waals surface area contributed by atoms with Crippen molar-refractivity contribution in [3.05, 3.63) is 54.6 Å². The first-order chi connectivity index (χ1) is 9.96. The van der Waals surface area contributed by atoms with Crippen molar-refractivity contribution in [2.45, 2.75) is 6.18 Å². The van der Waals surface area contributed by atoms with Crippen LogP contribution in [0, 0.1) is 11.3 Å². The molecule has 0 aliphatic heterocycles. The summed E-state index contributed by atoms with van der Waals surface area (Å²) in [4.78, 5) is 1.20. The number of anilines is 1. The Hall–Kier alpha value is -2.48. The zero-order valence-electron chi connectivity index (χ0n) is 11.2. The molecule has 0 atom stereocenters. The molecule has 0 N–H and O–H groups in total. The summed E-state index contributed by atoms with van der Waals surface area (Å²) in [6, 6.07) is 12.1. The van der Waals surface area contributed by atoms with E-state index in [-0.39, 0.29) is 6.54 Å². The molecule has 2 nitrogen and oxygen atoms in total. The molecule has 0 aliphatic carbocycles. The first kappa shape index (κ1) is 14.9. The summed E-state index contributed by atoms with van der Waals surface area (Å²) in [5.74, 6) is 0. The van der Waals surface area contributed by atoms with Crippen molar-refractivity contribution in [3.63, 3.8) is 0 Å². The van der Waals surface area contributed by atoms with Crippen molar-refractivity contribution in [2.75, 3.05) is 18.0 Å². The van der Waals surface area contributed by atoms with E-state index in [0.29, 0.717) is 22.0 Å². The second kappa shape index (κ2) is 5.88. The van der Waals surface area contributed by atoms with E-state index in [4.69, 9.17) is 5.26 Å². The van der Waals surface area contributed by atoms with Gasteiger partial charge in [0.2, 0.25) is 0 Å². The van der Waals surface area contributed by atoms with Gasteiger partial charge in [-0.05, 0) is 12.1 Å². The molecule has 0 saturated heterocycles. The van der Waals surface area contributed by atoms with Gasteiger partial charge in [-0.15, -0.1) is 6.58 Å². The minimum atomic E-state index is -4.31. The largest absolute Gasteiger partial charge is 0.405 e. The highest BCUT2D eigenvalue weighted by atomic mass is 19.4. The van der Waals surface area contributed by atoms with Gasteiger partial charge in [0.25, 0.3) is 0 Å². The molecule has 2 aromatic carbocycles. The Morgan fingerprint density at radius 2 is 1.81 bits per heavy atom. The number of hydrogen-bond donors (Lipinski definition) is 0. The zero-order valence-corrected chi connectivity index (χ0v) is 11.2. The summed E-state index contributed by atoms with van der Waals surface area (Å²) in [7, 11) is 0. The number of hydrogen-bond acceptors (Lipinski definition) is 2. The fraction of sp³-hybridized carbons (Fsp3) is 0.188. The van der Waals surface area contributed by atoms with Crippen molar-refractivity contribution >= 4 is 16.5 Å². The summed E-state index contributed by atoms with van der Waals surface area (Å²) in [5.41, 5.74) is 0.890. The van der Waals surface area contributed by atoms with Gasteiger partial charge in [0.05, 0.1) is 11.6 Å². The van der Waals surface area contributed by atoms with Gasteiger partial charge in [-0.1, -0.05) is 30.3 Å². The minimum absolute atomic E-state index is 0.0788. The summed E-state index contributed by atoms with van der Waals surface area (Å²) >= 11 is 0. The van der Waals surface area contributed by atoms with Crippen LogP contribution in [-0.4, -0.2) is 19.3 Å². The van der Waals surface area contributed by atoms with Crippen LogP contribution in [0.4, 0.5) is 18.9 Å². The lowest BCUT2D eigenvalue weighted by Crippen LogP contribution is -2.34. The Bertz CT molecular complexity index is 699. The van der Waals surface area contributed by atoms with E-state index in [9.17, 15) is 13.2 Å². The Morgan fingerprint density at radius 1 is 1.14 bits per heavy atom. The van der Waals surface area contributed by atoms with Crippen LogP contribution in [0.1, 0.15) is 5.56 Å². The lowest BCUT2D eigenvalue weighted by atomic mass is 10.0. The molecule has 0 aromatic heterocycles. The molecular formula is C16H13F3N2. The fourth-order valence-electron chi connectivity index (χ4n) is 2.28. The standard InChI is InChI=1S/C16H13F3N2/c1-2-9-21(11-16(17,18)19)15-8-7-12(10-20)13-5-3-4-6-14(13)15/h2-8H,1,9,11H2. The number of nitriles is 1. The first-order valence-electron chi connectivity index (χ1n) is 6.30. The molecular weight excluding hydrogens is 277 g/mol. The highest BCUT2D eigenvalue weighted by Crippen LogP contribution is 2.31. The third-order valence-electron chi connectivity index (χ3n) is 3.08. The van der Waals surface area contributed by atoms with E-state index in [2.05, 4.69) is 12.6 Å². The van der Waals surface area contributed by atoms with Crippen molar-refractivity contribution < 1.29 is 13.2 Å². The summed E-state index contributed by atoms with van der Waals surface area (Å²) < 4.78 is 38.2. The van der Waals surface area contributed by atoms with Gasteiger partial charge in [-0.3, -0.25) is 0 Å². The predicted molar refractivity (Wildman–Crippen MR) is 77.1 cm³/mol. The summed E-state index contributed by atoms with van der Waals surface area (Å²) in [5, 5.41) is 10.4. The van der Waals surface area contributed by atoms with Gasteiger partial charge in [0.1, 0.15) is 6.54 Å². The van der Waals surface area contributed by atoms with Crippen LogP contribution in [-0.2, 0) is 0 Å². The fourth-order valence-corrected chi connectivity index (χ4v) is 2.28. The number of fused-ring (bicyclic) bond motifs is 1. The average molecular weight is 290 g/mol. The maximum Gasteiger partial charge on any atom is 0.405 e. The van der Waals surface area contributed by atoms with Crippen LogP contribution in [0.3, 0.4) is 0 Å². The summed E-state index contributed by atoms with van der Waals surface area (Å²) in [6.07, 6.45) is -2.88. The molecule has 0 bridgehead atoms. The van der Waals surface area contributed by atoms with Crippen LogP contribution in [0.15, 0.2) is 49.1 Å². The Balaban J connectivity index is 2.58.